The van der Waals surface area contributed by atoms with Gasteiger partial charge in [-0.2, -0.15) is 0 Å². The maximum atomic E-state index is 5.70. The van der Waals surface area contributed by atoms with E-state index in [9.17, 15) is 0 Å². The molecule has 0 bridgehead atoms. The highest BCUT2D eigenvalue weighted by atomic mass is 127. The van der Waals surface area contributed by atoms with Gasteiger partial charge in [-0.25, -0.2) is 0 Å². The minimum atomic E-state index is -0.0203. The molecule has 0 amide bonds. The van der Waals surface area contributed by atoms with Gasteiger partial charge in [-0.3, -0.25) is 0 Å². The summed E-state index contributed by atoms with van der Waals surface area (Å²) in [6, 6.07) is 7.93. The summed E-state index contributed by atoms with van der Waals surface area (Å²) in [4.78, 5) is 0. The van der Waals surface area contributed by atoms with Crippen molar-refractivity contribution in [1.29, 1.82) is 0 Å². The van der Waals surface area contributed by atoms with E-state index in [1.807, 2.05) is 24.3 Å². The zero-order valence-electron chi connectivity index (χ0n) is 8.17. The van der Waals surface area contributed by atoms with Crippen molar-refractivity contribution in [3.05, 3.63) is 37.9 Å². The van der Waals surface area contributed by atoms with Gasteiger partial charge in [0.05, 0.1) is 13.7 Å². The number of methoxy groups -OCH3 is 1. The van der Waals surface area contributed by atoms with Crippen molar-refractivity contribution in [3.8, 4) is 5.75 Å². The highest BCUT2D eigenvalue weighted by Crippen LogP contribution is 2.43. The molecule has 0 N–H and O–H groups in total. The lowest BCUT2D eigenvalue weighted by Gasteiger charge is -2.14. The Morgan fingerprint density at radius 3 is 2.80 bits per heavy atom. The fourth-order valence-corrected chi connectivity index (χ4v) is 2.51. The van der Waals surface area contributed by atoms with Crippen LogP contribution in [0, 0.1) is 0 Å². The third kappa shape index (κ3) is 2.21. The molecule has 4 heteroatoms. The normalized spacial score (nSPS) is 20.9. The van der Waals surface area contributed by atoms with Gasteiger partial charge in [0.15, 0.2) is 0 Å². The van der Waals surface area contributed by atoms with E-state index < -0.39 is 0 Å². The second-order valence-corrected chi connectivity index (χ2v) is 5.34. The Hall–Kier alpha value is -0.0700. The van der Waals surface area contributed by atoms with Crippen LogP contribution in [-0.4, -0.2) is 13.7 Å². The van der Waals surface area contributed by atoms with Gasteiger partial charge in [0.2, 0.25) is 0 Å². The number of halogens is 2. The van der Waals surface area contributed by atoms with Crippen LogP contribution < -0.4 is 4.74 Å². The highest BCUT2D eigenvalue weighted by Gasteiger charge is 2.26. The first-order valence-corrected chi connectivity index (χ1v) is 6.39. The van der Waals surface area contributed by atoms with Gasteiger partial charge >= 0.3 is 0 Å². The topological polar surface area (TPSA) is 18.5 Å². The first-order valence-electron chi connectivity index (χ1n) is 4.52. The summed E-state index contributed by atoms with van der Waals surface area (Å²) in [6.07, 6.45) is -0.0203. The standard InChI is InChI=1S/C11H10BrIO2/c1-14-9-5-3-2-4-7(9)11-10(12)8(13)6-15-11/h2-5,11H,6H2,1H3. The van der Waals surface area contributed by atoms with Crippen LogP contribution in [0.2, 0.25) is 0 Å². The van der Waals surface area contributed by atoms with Crippen molar-refractivity contribution in [2.45, 2.75) is 6.10 Å². The Labute approximate surface area is 111 Å². The zero-order chi connectivity index (χ0) is 10.8. The van der Waals surface area contributed by atoms with E-state index in [2.05, 4.69) is 38.5 Å². The molecule has 0 spiro atoms. The molecule has 1 heterocycles. The molecular weight excluding hydrogens is 371 g/mol. The van der Waals surface area contributed by atoms with Gasteiger partial charge in [-0.05, 0) is 28.7 Å². The predicted molar refractivity (Wildman–Crippen MR) is 71.7 cm³/mol. The molecule has 0 radical (unpaired) electrons. The van der Waals surface area contributed by atoms with Crippen molar-refractivity contribution in [2.75, 3.05) is 13.7 Å². The fraction of sp³-hybridized carbons (Fsp3) is 0.273. The Morgan fingerprint density at radius 1 is 1.47 bits per heavy atom. The van der Waals surface area contributed by atoms with Crippen LogP contribution in [0.1, 0.15) is 11.7 Å². The summed E-state index contributed by atoms with van der Waals surface area (Å²) in [5.41, 5.74) is 1.07. The Kier molecular flexibility index (Phi) is 3.69. The number of benzene rings is 1. The zero-order valence-corrected chi connectivity index (χ0v) is 11.9. The molecule has 0 aromatic heterocycles. The van der Waals surface area contributed by atoms with E-state index in [0.717, 1.165) is 15.8 Å². The average Bonchev–Trinajstić information content (AvgIpc) is 2.60. The Bertz CT molecular complexity index is 403. The van der Waals surface area contributed by atoms with E-state index in [0.29, 0.717) is 6.61 Å². The summed E-state index contributed by atoms with van der Waals surface area (Å²) in [7, 11) is 1.68. The number of hydrogen-bond acceptors (Lipinski definition) is 2. The molecule has 0 aliphatic carbocycles. The van der Waals surface area contributed by atoms with Crippen LogP contribution in [0.15, 0.2) is 32.3 Å². The van der Waals surface area contributed by atoms with Gasteiger partial charge in [-0.1, -0.05) is 34.1 Å². The molecule has 1 aliphatic rings. The second kappa shape index (κ2) is 4.84. The summed E-state index contributed by atoms with van der Waals surface area (Å²) in [5, 5.41) is 0. The molecule has 0 saturated carbocycles. The SMILES string of the molecule is COc1ccccc1C1OCC(I)=C1Br. The van der Waals surface area contributed by atoms with Crippen molar-refractivity contribution >= 4 is 38.5 Å². The molecule has 1 unspecified atom stereocenters. The fourth-order valence-electron chi connectivity index (χ4n) is 1.55. The van der Waals surface area contributed by atoms with Crippen LogP contribution in [0.25, 0.3) is 0 Å². The maximum Gasteiger partial charge on any atom is 0.125 e. The van der Waals surface area contributed by atoms with Gasteiger partial charge in [0.25, 0.3) is 0 Å². The third-order valence-electron chi connectivity index (χ3n) is 2.29. The molecule has 2 nitrogen and oxygen atoms in total. The van der Waals surface area contributed by atoms with Crippen molar-refractivity contribution in [3.63, 3.8) is 0 Å². The largest absolute Gasteiger partial charge is 0.496 e. The predicted octanol–water partition coefficient (Wildman–Crippen LogP) is 3.81. The molecular formula is C11H10BrIO2. The van der Waals surface area contributed by atoms with Gasteiger partial charge in [-0.15, -0.1) is 0 Å². The number of para-hydroxylation sites is 1. The maximum absolute atomic E-state index is 5.70. The minimum Gasteiger partial charge on any atom is -0.496 e. The third-order valence-corrected chi connectivity index (χ3v) is 4.82. The van der Waals surface area contributed by atoms with E-state index in [1.54, 1.807) is 7.11 Å². The van der Waals surface area contributed by atoms with Gasteiger partial charge < -0.3 is 9.47 Å². The lowest BCUT2D eigenvalue weighted by molar-refractivity contribution is 0.125. The van der Waals surface area contributed by atoms with Crippen molar-refractivity contribution in [1.82, 2.24) is 0 Å². The van der Waals surface area contributed by atoms with Crippen LogP contribution >= 0.6 is 38.5 Å². The van der Waals surface area contributed by atoms with E-state index in [-0.39, 0.29) is 6.10 Å². The summed E-state index contributed by atoms with van der Waals surface area (Å²) >= 11 is 5.85. The van der Waals surface area contributed by atoms with E-state index >= 15 is 0 Å². The molecule has 1 aromatic rings. The first-order chi connectivity index (χ1) is 7.24. The Morgan fingerprint density at radius 2 is 2.20 bits per heavy atom. The van der Waals surface area contributed by atoms with Crippen molar-refractivity contribution in [2.24, 2.45) is 0 Å². The quantitative estimate of drug-likeness (QED) is 0.726. The van der Waals surface area contributed by atoms with Crippen LogP contribution in [0.3, 0.4) is 0 Å². The van der Waals surface area contributed by atoms with Crippen LogP contribution in [-0.2, 0) is 4.74 Å². The molecule has 1 atom stereocenters. The number of hydrogen-bond donors (Lipinski definition) is 0. The summed E-state index contributed by atoms with van der Waals surface area (Å²) in [6.45, 7) is 0.670. The van der Waals surface area contributed by atoms with Crippen LogP contribution in [0.5, 0.6) is 5.75 Å². The molecule has 80 valence electrons. The van der Waals surface area contributed by atoms with Gasteiger partial charge in [0.1, 0.15) is 11.9 Å². The highest BCUT2D eigenvalue weighted by molar-refractivity contribution is 14.1. The molecule has 1 aromatic carbocycles. The monoisotopic (exact) mass is 380 g/mol. The van der Waals surface area contributed by atoms with Gasteiger partial charge in [0, 0.05) is 13.6 Å². The van der Waals surface area contributed by atoms with E-state index in [1.165, 1.54) is 3.58 Å². The minimum absolute atomic E-state index is 0.0203. The molecule has 0 fully saturated rings. The smallest absolute Gasteiger partial charge is 0.125 e. The lowest BCUT2D eigenvalue weighted by atomic mass is 10.1. The number of ether oxygens (including phenoxy) is 2. The first kappa shape index (κ1) is 11.4. The summed E-state index contributed by atoms with van der Waals surface area (Å²) in [5.74, 6) is 0.866. The molecule has 0 saturated heterocycles. The lowest BCUT2D eigenvalue weighted by Crippen LogP contribution is -2.00. The van der Waals surface area contributed by atoms with Crippen LogP contribution in [0.4, 0.5) is 0 Å². The van der Waals surface area contributed by atoms with E-state index in [4.69, 9.17) is 9.47 Å². The number of rotatable bonds is 2. The average molecular weight is 381 g/mol. The molecule has 15 heavy (non-hydrogen) atoms. The molecule has 1 aliphatic heterocycles. The summed E-state index contributed by atoms with van der Waals surface area (Å²) < 4.78 is 13.3. The Balaban J connectivity index is 2.38. The van der Waals surface area contributed by atoms with Crippen molar-refractivity contribution < 1.29 is 9.47 Å². The second-order valence-electron chi connectivity index (χ2n) is 3.19. The molecule has 2 rings (SSSR count).